The van der Waals surface area contributed by atoms with E-state index in [9.17, 15) is 0 Å². The molecule has 0 radical (unpaired) electrons. The summed E-state index contributed by atoms with van der Waals surface area (Å²) in [7, 11) is 2.09. The topological polar surface area (TPSA) is 28.2 Å². The Balaban J connectivity index is 2.18. The van der Waals surface area contributed by atoms with Gasteiger partial charge in [-0.3, -0.25) is 0 Å². The van der Waals surface area contributed by atoms with E-state index >= 15 is 0 Å². The monoisotopic (exact) mass is 267 g/mol. The SMILES string of the molecule is CNC1(c2nc(C)cs2)CCCN(C(C)C)CC1. The molecule has 0 aliphatic carbocycles. The van der Waals surface area contributed by atoms with Gasteiger partial charge in [-0.2, -0.15) is 0 Å². The molecule has 1 aliphatic rings. The zero-order valence-corrected chi connectivity index (χ0v) is 12.8. The second kappa shape index (κ2) is 5.68. The van der Waals surface area contributed by atoms with Crippen molar-refractivity contribution in [3.63, 3.8) is 0 Å². The second-order valence-electron chi connectivity index (χ2n) is 5.61. The number of rotatable bonds is 3. The van der Waals surface area contributed by atoms with E-state index < -0.39 is 0 Å². The minimum Gasteiger partial charge on any atom is -0.308 e. The van der Waals surface area contributed by atoms with Gasteiger partial charge >= 0.3 is 0 Å². The molecule has 4 heteroatoms. The quantitative estimate of drug-likeness (QED) is 0.913. The van der Waals surface area contributed by atoms with E-state index in [1.165, 1.54) is 24.4 Å². The van der Waals surface area contributed by atoms with Crippen molar-refractivity contribution < 1.29 is 0 Å². The van der Waals surface area contributed by atoms with E-state index in [1.54, 1.807) is 11.3 Å². The Morgan fingerprint density at radius 1 is 1.39 bits per heavy atom. The van der Waals surface area contributed by atoms with Crippen LogP contribution in [0.4, 0.5) is 0 Å². The highest BCUT2D eigenvalue weighted by molar-refractivity contribution is 7.09. The maximum absolute atomic E-state index is 4.73. The molecule has 1 atom stereocenters. The lowest BCUT2D eigenvalue weighted by Gasteiger charge is -2.31. The summed E-state index contributed by atoms with van der Waals surface area (Å²) >= 11 is 1.81. The van der Waals surface area contributed by atoms with Crippen molar-refractivity contribution in [2.45, 2.75) is 51.6 Å². The molecule has 1 N–H and O–H groups in total. The number of nitrogens with zero attached hydrogens (tertiary/aromatic N) is 2. The number of likely N-dealkylation sites (tertiary alicyclic amines) is 1. The van der Waals surface area contributed by atoms with Crippen LogP contribution in [0.5, 0.6) is 0 Å². The van der Waals surface area contributed by atoms with Crippen LogP contribution in [0.2, 0.25) is 0 Å². The van der Waals surface area contributed by atoms with Crippen LogP contribution in [0, 0.1) is 6.92 Å². The molecule has 1 aromatic rings. The Morgan fingerprint density at radius 2 is 2.17 bits per heavy atom. The first kappa shape index (κ1) is 14.0. The Hall–Kier alpha value is -0.450. The molecule has 0 aromatic carbocycles. The molecule has 0 spiro atoms. The number of hydrogen-bond acceptors (Lipinski definition) is 4. The van der Waals surface area contributed by atoms with Crippen LogP contribution in [-0.2, 0) is 5.54 Å². The van der Waals surface area contributed by atoms with Crippen molar-refractivity contribution in [2.75, 3.05) is 20.1 Å². The standard InChI is InChI=1S/C14H25N3S/c1-11(2)17-8-5-6-14(15-4,7-9-17)13-16-12(3)10-18-13/h10-11,15H,5-9H2,1-4H3. The van der Waals surface area contributed by atoms with Crippen molar-refractivity contribution in [3.8, 4) is 0 Å². The molecule has 2 rings (SSSR count). The average molecular weight is 267 g/mol. The summed E-state index contributed by atoms with van der Waals surface area (Å²) in [4.78, 5) is 7.31. The Labute approximate surface area is 115 Å². The number of thiazole rings is 1. The molecule has 18 heavy (non-hydrogen) atoms. The smallest absolute Gasteiger partial charge is 0.113 e. The third-order valence-electron chi connectivity index (χ3n) is 4.11. The van der Waals surface area contributed by atoms with Gasteiger partial charge in [0.25, 0.3) is 0 Å². The van der Waals surface area contributed by atoms with Gasteiger partial charge < -0.3 is 10.2 Å². The van der Waals surface area contributed by atoms with Crippen molar-refractivity contribution in [3.05, 3.63) is 16.1 Å². The number of aryl methyl sites for hydroxylation is 1. The van der Waals surface area contributed by atoms with Crippen LogP contribution in [-0.4, -0.2) is 36.1 Å². The van der Waals surface area contributed by atoms with E-state index in [1.807, 2.05) is 0 Å². The summed E-state index contributed by atoms with van der Waals surface area (Å²) < 4.78 is 0. The zero-order valence-electron chi connectivity index (χ0n) is 12.0. The van der Waals surface area contributed by atoms with Crippen LogP contribution in [0.15, 0.2) is 5.38 Å². The van der Waals surface area contributed by atoms with Gasteiger partial charge in [-0.05, 0) is 53.6 Å². The molecular formula is C14H25N3S. The summed E-state index contributed by atoms with van der Waals surface area (Å²) in [6.07, 6.45) is 3.60. The highest BCUT2D eigenvalue weighted by Gasteiger charge is 2.35. The van der Waals surface area contributed by atoms with Crippen LogP contribution in [0.1, 0.15) is 43.8 Å². The van der Waals surface area contributed by atoms with Crippen LogP contribution in [0.3, 0.4) is 0 Å². The van der Waals surface area contributed by atoms with E-state index in [0.717, 1.165) is 18.7 Å². The molecule has 0 bridgehead atoms. The van der Waals surface area contributed by atoms with Crippen molar-refractivity contribution in [1.29, 1.82) is 0 Å². The second-order valence-corrected chi connectivity index (χ2v) is 6.47. The molecule has 1 saturated heterocycles. The minimum atomic E-state index is 0.0998. The number of aromatic nitrogens is 1. The largest absolute Gasteiger partial charge is 0.308 e. The fourth-order valence-electron chi connectivity index (χ4n) is 2.82. The predicted octanol–water partition coefficient (Wildman–Crippen LogP) is 2.76. The van der Waals surface area contributed by atoms with Gasteiger partial charge in [0.05, 0.1) is 5.54 Å². The lowest BCUT2D eigenvalue weighted by molar-refractivity contribution is 0.220. The van der Waals surface area contributed by atoms with Gasteiger partial charge in [0.15, 0.2) is 0 Å². The van der Waals surface area contributed by atoms with Gasteiger partial charge in [0.1, 0.15) is 5.01 Å². The van der Waals surface area contributed by atoms with E-state index in [0.29, 0.717) is 6.04 Å². The third kappa shape index (κ3) is 2.76. The maximum Gasteiger partial charge on any atom is 0.113 e. The van der Waals surface area contributed by atoms with Crippen molar-refractivity contribution >= 4 is 11.3 Å². The summed E-state index contributed by atoms with van der Waals surface area (Å²) in [6.45, 7) is 9.04. The Bertz CT molecular complexity index is 388. The highest BCUT2D eigenvalue weighted by atomic mass is 32.1. The fraction of sp³-hybridized carbons (Fsp3) is 0.786. The maximum atomic E-state index is 4.73. The lowest BCUT2D eigenvalue weighted by Crippen LogP contribution is -2.41. The highest BCUT2D eigenvalue weighted by Crippen LogP contribution is 2.34. The first-order chi connectivity index (χ1) is 8.57. The average Bonchev–Trinajstić information content (AvgIpc) is 2.66. The van der Waals surface area contributed by atoms with Gasteiger partial charge in [0.2, 0.25) is 0 Å². The van der Waals surface area contributed by atoms with Crippen molar-refractivity contribution in [2.24, 2.45) is 0 Å². The first-order valence-electron chi connectivity index (χ1n) is 6.93. The van der Waals surface area contributed by atoms with Crippen molar-refractivity contribution in [1.82, 2.24) is 15.2 Å². The molecule has 0 saturated carbocycles. The normalized spacial score (nSPS) is 26.5. The van der Waals surface area contributed by atoms with E-state index in [2.05, 4.69) is 43.4 Å². The van der Waals surface area contributed by atoms with Gasteiger partial charge in [-0.25, -0.2) is 4.98 Å². The molecule has 102 valence electrons. The van der Waals surface area contributed by atoms with Gasteiger partial charge in [-0.15, -0.1) is 11.3 Å². The number of nitrogens with one attached hydrogen (secondary N) is 1. The molecule has 2 heterocycles. The lowest BCUT2D eigenvalue weighted by atomic mass is 9.91. The predicted molar refractivity (Wildman–Crippen MR) is 78.1 cm³/mol. The zero-order chi connectivity index (χ0) is 13.2. The Morgan fingerprint density at radius 3 is 2.72 bits per heavy atom. The Kier molecular flexibility index (Phi) is 4.41. The first-order valence-corrected chi connectivity index (χ1v) is 7.81. The molecule has 0 amide bonds. The summed E-state index contributed by atoms with van der Waals surface area (Å²) in [6, 6.07) is 0.649. The van der Waals surface area contributed by atoms with E-state index in [-0.39, 0.29) is 5.54 Å². The van der Waals surface area contributed by atoms with Crippen LogP contribution in [0.25, 0.3) is 0 Å². The summed E-state index contributed by atoms with van der Waals surface area (Å²) in [5, 5.41) is 7.01. The minimum absolute atomic E-state index is 0.0998. The summed E-state index contributed by atoms with van der Waals surface area (Å²) in [5.41, 5.74) is 1.25. The number of hydrogen-bond donors (Lipinski definition) is 1. The molecule has 1 aromatic heterocycles. The molecule has 1 unspecified atom stereocenters. The molecule has 1 fully saturated rings. The van der Waals surface area contributed by atoms with Crippen LogP contribution < -0.4 is 5.32 Å². The fourth-order valence-corrected chi connectivity index (χ4v) is 3.88. The molecule has 1 aliphatic heterocycles. The van der Waals surface area contributed by atoms with E-state index in [4.69, 9.17) is 4.98 Å². The summed E-state index contributed by atoms with van der Waals surface area (Å²) in [5.74, 6) is 0. The third-order valence-corrected chi connectivity index (χ3v) is 5.28. The van der Waals surface area contributed by atoms with Crippen LogP contribution >= 0.6 is 11.3 Å². The van der Waals surface area contributed by atoms with Gasteiger partial charge in [0, 0.05) is 23.7 Å². The molecule has 3 nitrogen and oxygen atoms in total. The molecular weight excluding hydrogens is 242 g/mol. The van der Waals surface area contributed by atoms with Gasteiger partial charge in [-0.1, -0.05) is 0 Å².